The Bertz CT molecular complexity index is 438. The molecule has 1 saturated heterocycles. The molecule has 0 amide bonds. The summed E-state index contributed by atoms with van der Waals surface area (Å²) in [4.78, 5) is 4.47. The van der Waals surface area contributed by atoms with Crippen molar-refractivity contribution in [2.45, 2.75) is 27.2 Å². The summed E-state index contributed by atoms with van der Waals surface area (Å²) in [7, 11) is -3.15. The minimum absolute atomic E-state index is 0. The van der Waals surface area contributed by atoms with Gasteiger partial charge in [-0.2, -0.15) is 11.8 Å². The molecule has 0 unspecified atom stereocenters. The highest BCUT2D eigenvalue weighted by Gasteiger charge is 2.23. The molecule has 0 aromatic heterocycles. The van der Waals surface area contributed by atoms with Gasteiger partial charge in [-0.25, -0.2) is 12.7 Å². The van der Waals surface area contributed by atoms with Crippen molar-refractivity contribution in [3.8, 4) is 0 Å². The van der Waals surface area contributed by atoms with Crippen LogP contribution in [0.25, 0.3) is 0 Å². The van der Waals surface area contributed by atoms with Gasteiger partial charge in [-0.05, 0) is 19.3 Å². The number of sulfonamides is 1. The molecule has 0 bridgehead atoms. The normalized spacial score (nSPS) is 17.0. The Hall–Kier alpha value is 0.260. The zero-order chi connectivity index (χ0) is 16.4. The molecule has 23 heavy (non-hydrogen) atoms. The Morgan fingerprint density at radius 2 is 1.91 bits per heavy atom. The Morgan fingerprint density at radius 3 is 2.48 bits per heavy atom. The van der Waals surface area contributed by atoms with Crippen LogP contribution in [0.1, 0.15) is 27.2 Å². The molecule has 0 radical (unpaired) electrons. The van der Waals surface area contributed by atoms with Crippen LogP contribution in [-0.4, -0.2) is 68.7 Å². The van der Waals surface area contributed by atoms with E-state index in [4.69, 9.17) is 0 Å². The monoisotopic (exact) mass is 478 g/mol. The van der Waals surface area contributed by atoms with Crippen LogP contribution >= 0.6 is 35.7 Å². The van der Waals surface area contributed by atoms with E-state index in [1.807, 2.05) is 18.7 Å². The van der Waals surface area contributed by atoms with Crippen molar-refractivity contribution in [2.24, 2.45) is 10.9 Å². The van der Waals surface area contributed by atoms with Crippen molar-refractivity contribution >= 4 is 51.7 Å². The van der Waals surface area contributed by atoms with Gasteiger partial charge in [0.05, 0.1) is 5.75 Å². The summed E-state index contributed by atoms with van der Waals surface area (Å²) < 4.78 is 26.1. The predicted molar refractivity (Wildman–Crippen MR) is 112 cm³/mol. The highest BCUT2D eigenvalue weighted by Crippen LogP contribution is 2.12. The molecule has 9 heteroatoms. The molecule has 138 valence electrons. The number of hydrogen-bond acceptors (Lipinski definition) is 4. The van der Waals surface area contributed by atoms with Gasteiger partial charge in [0.2, 0.25) is 10.0 Å². The van der Waals surface area contributed by atoms with E-state index in [1.54, 1.807) is 4.31 Å². The predicted octanol–water partition coefficient (Wildman–Crippen LogP) is 1.58. The minimum Gasteiger partial charge on any atom is -0.357 e. The quantitative estimate of drug-likeness (QED) is 0.315. The maximum atomic E-state index is 12.2. The zero-order valence-corrected chi connectivity index (χ0v) is 18.3. The SMILES string of the molecule is CCNC(=NCCC(C)C)NCCS(=O)(=O)N1CCSCC1.I. The molecule has 1 aliphatic rings. The smallest absolute Gasteiger partial charge is 0.215 e. The van der Waals surface area contributed by atoms with E-state index in [2.05, 4.69) is 29.5 Å². The van der Waals surface area contributed by atoms with Gasteiger partial charge in [0.25, 0.3) is 0 Å². The Balaban J connectivity index is 0.00000484. The van der Waals surface area contributed by atoms with Gasteiger partial charge in [0.15, 0.2) is 5.96 Å². The summed E-state index contributed by atoms with van der Waals surface area (Å²) in [6.45, 7) is 9.51. The molecule has 0 aliphatic carbocycles. The van der Waals surface area contributed by atoms with Crippen molar-refractivity contribution in [1.82, 2.24) is 14.9 Å². The van der Waals surface area contributed by atoms with Crippen molar-refractivity contribution in [1.29, 1.82) is 0 Å². The Kier molecular flexibility index (Phi) is 12.7. The van der Waals surface area contributed by atoms with E-state index >= 15 is 0 Å². The third-order valence-corrected chi connectivity index (χ3v) is 6.15. The summed E-state index contributed by atoms with van der Waals surface area (Å²) >= 11 is 1.81. The fraction of sp³-hybridized carbons (Fsp3) is 0.929. The molecule has 1 rings (SSSR count). The molecular weight excluding hydrogens is 447 g/mol. The molecule has 1 aliphatic heterocycles. The number of thioether (sulfide) groups is 1. The molecule has 6 nitrogen and oxygen atoms in total. The number of hydrogen-bond donors (Lipinski definition) is 2. The molecule has 0 atom stereocenters. The van der Waals surface area contributed by atoms with Crippen molar-refractivity contribution in [3.05, 3.63) is 0 Å². The van der Waals surface area contributed by atoms with E-state index in [-0.39, 0.29) is 29.7 Å². The number of nitrogens with one attached hydrogen (secondary N) is 2. The Morgan fingerprint density at radius 1 is 1.26 bits per heavy atom. The molecule has 0 spiro atoms. The third-order valence-electron chi connectivity index (χ3n) is 3.34. The van der Waals surface area contributed by atoms with E-state index in [1.165, 1.54) is 0 Å². The van der Waals surface area contributed by atoms with Crippen LogP contribution in [0.3, 0.4) is 0 Å². The van der Waals surface area contributed by atoms with Gasteiger partial charge < -0.3 is 10.6 Å². The lowest BCUT2D eigenvalue weighted by Gasteiger charge is -2.25. The highest BCUT2D eigenvalue weighted by atomic mass is 127. The van der Waals surface area contributed by atoms with Crippen molar-refractivity contribution in [2.75, 3.05) is 50.0 Å². The summed E-state index contributed by atoms with van der Waals surface area (Å²) in [5.41, 5.74) is 0. The minimum atomic E-state index is -3.15. The largest absolute Gasteiger partial charge is 0.357 e. The van der Waals surface area contributed by atoms with E-state index < -0.39 is 10.0 Å². The van der Waals surface area contributed by atoms with E-state index in [0.29, 0.717) is 31.5 Å². The van der Waals surface area contributed by atoms with Gasteiger partial charge >= 0.3 is 0 Å². The molecular formula is C14H31IN4O2S2. The highest BCUT2D eigenvalue weighted by molar-refractivity contribution is 14.0. The molecule has 2 N–H and O–H groups in total. The lowest BCUT2D eigenvalue weighted by Crippen LogP contribution is -2.44. The van der Waals surface area contributed by atoms with Crippen LogP contribution < -0.4 is 10.6 Å². The topological polar surface area (TPSA) is 73.8 Å². The van der Waals surface area contributed by atoms with Crippen LogP contribution in [0.4, 0.5) is 0 Å². The standard InChI is InChI=1S/C14H30N4O2S2.HI/c1-4-15-14(16-6-5-13(2)3)17-7-12-22(19,20)18-8-10-21-11-9-18;/h13H,4-12H2,1-3H3,(H2,15,16,17);1H. The van der Waals surface area contributed by atoms with Gasteiger partial charge in [0.1, 0.15) is 0 Å². The zero-order valence-electron chi connectivity index (χ0n) is 14.4. The fourth-order valence-electron chi connectivity index (χ4n) is 2.03. The fourth-order valence-corrected chi connectivity index (χ4v) is 4.52. The number of nitrogens with zero attached hydrogens (tertiary/aromatic N) is 2. The molecule has 0 aromatic carbocycles. The van der Waals surface area contributed by atoms with E-state index in [0.717, 1.165) is 31.0 Å². The Labute approximate surface area is 162 Å². The summed E-state index contributed by atoms with van der Waals surface area (Å²) in [5.74, 6) is 3.22. The van der Waals surface area contributed by atoms with E-state index in [9.17, 15) is 8.42 Å². The van der Waals surface area contributed by atoms with Gasteiger partial charge in [-0.15, -0.1) is 24.0 Å². The van der Waals surface area contributed by atoms with Crippen molar-refractivity contribution < 1.29 is 8.42 Å². The lowest BCUT2D eigenvalue weighted by molar-refractivity contribution is 0.443. The molecule has 0 aromatic rings. The molecule has 0 saturated carbocycles. The maximum Gasteiger partial charge on any atom is 0.215 e. The average Bonchev–Trinajstić information content (AvgIpc) is 2.47. The first kappa shape index (κ1) is 23.3. The van der Waals surface area contributed by atoms with Crippen molar-refractivity contribution in [3.63, 3.8) is 0 Å². The maximum absolute atomic E-state index is 12.2. The summed E-state index contributed by atoms with van der Waals surface area (Å²) in [5, 5.41) is 6.27. The second-order valence-electron chi connectivity index (χ2n) is 5.70. The lowest BCUT2D eigenvalue weighted by atomic mass is 10.1. The van der Waals surface area contributed by atoms with Gasteiger partial charge in [0, 0.05) is 44.2 Å². The first-order valence-electron chi connectivity index (χ1n) is 8.03. The van der Waals surface area contributed by atoms with Gasteiger partial charge in [-0.1, -0.05) is 13.8 Å². The first-order chi connectivity index (χ1) is 10.5. The second-order valence-corrected chi connectivity index (χ2v) is 9.01. The third kappa shape index (κ3) is 9.98. The number of guanidine groups is 1. The molecule has 1 fully saturated rings. The number of aliphatic imine (C=N–C) groups is 1. The average molecular weight is 478 g/mol. The van der Waals surface area contributed by atoms with Crippen LogP contribution in [0, 0.1) is 5.92 Å². The summed E-state index contributed by atoms with van der Waals surface area (Å²) in [6.07, 6.45) is 1.03. The van der Waals surface area contributed by atoms with Gasteiger partial charge in [-0.3, -0.25) is 4.99 Å². The first-order valence-corrected chi connectivity index (χ1v) is 10.8. The van der Waals surface area contributed by atoms with Crippen LogP contribution in [0.15, 0.2) is 4.99 Å². The second kappa shape index (κ2) is 12.6. The molecule has 1 heterocycles. The van der Waals surface area contributed by atoms with Crippen LogP contribution in [-0.2, 0) is 10.0 Å². The number of halogens is 1. The summed E-state index contributed by atoms with van der Waals surface area (Å²) in [6, 6.07) is 0. The number of rotatable bonds is 8. The van der Waals surface area contributed by atoms with Crippen LogP contribution in [0.5, 0.6) is 0 Å². The van der Waals surface area contributed by atoms with Crippen LogP contribution in [0.2, 0.25) is 0 Å².